The van der Waals surface area contributed by atoms with Crippen LogP contribution in [0.3, 0.4) is 0 Å². The highest BCUT2D eigenvalue weighted by Gasteiger charge is 2.19. The summed E-state index contributed by atoms with van der Waals surface area (Å²) in [7, 11) is 0. The molecule has 1 heteroatoms. The molecule has 1 N–H and O–H groups in total. The zero-order valence-corrected chi connectivity index (χ0v) is 14.4. The van der Waals surface area contributed by atoms with Gasteiger partial charge in [-0.25, -0.2) is 0 Å². The van der Waals surface area contributed by atoms with Gasteiger partial charge in [0.05, 0.1) is 0 Å². The summed E-state index contributed by atoms with van der Waals surface area (Å²) in [4.78, 5) is 3.67. The quantitative estimate of drug-likeness (QED) is 0.554. The van der Waals surface area contributed by atoms with E-state index in [9.17, 15) is 0 Å². The molecular weight excluding hydrogens is 266 g/mol. The lowest BCUT2D eigenvalue weighted by Gasteiger charge is -2.09. The number of aromatic amines is 1. The molecule has 0 amide bonds. The lowest BCUT2D eigenvalue weighted by molar-refractivity contribution is 0.589. The fourth-order valence-corrected chi connectivity index (χ4v) is 4.10. The van der Waals surface area contributed by atoms with Gasteiger partial charge in [-0.2, -0.15) is 0 Å². The molecule has 1 aliphatic carbocycles. The second-order valence-corrected chi connectivity index (χ2v) is 7.09. The Balaban J connectivity index is 1.64. The van der Waals surface area contributed by atoms with Crippen molar-refractivity contribution in [2.24, 2.45) is 0 Å². The van der Waals surface area contributed by atoms with Crippen molar-refractivity contribution in [1.29, 1.82) is 0 Å². The van der Waals surface area contributed by atoms with Crippen LogP contribution < -0.4 is 0 Å². The number of nitrogens with one attached hydrogen (secondary N) is 1. The fraction of sp³-hybridized carbons (Fsp3) is 0.619. The Morgan fingerprint density at radius 2 is 1.73 bits per heavy atom. The summed E-state index contributed by atoms with van der Waals surface area (Å²) < 4.78 is 0. The zero-order chi connectivity index (χ0) is 15.4. The summed E-state index contributed by atoms with van der Waals surface area (Å²) in [6, 6.07) is 4.60. The molecule has 22 heavy (non-hydrogen) atoms. The lowest BCUT2D eigenvalue weighted by atomic mass is 9.95. The predicted octanol–water partition coefficient (Wildman–Crippen LogP) is 6.26. The average molecular weight is 297 g/mol. The van der Waals surface area contributed by atoms with E-state index >= 15 is 0 Å². The molecule has 1 aromatic heterocycles. The number of hydrogen-bond acceptors (Lipinski definition) is 0. The number of rotatable bonds is 8. The van der Waals surface area contributed by atoms with Crippen molar-refractivity contribution in [1.82, 2.24) is 4.98 Å². The molecule has 1 nitrogen and oxygen atoms in total. The highest BCUT2D eigenvalue weighted by molar-refractivity contribution is 5.89. The molecule has 0 saturated carbocycles. The van der Waals surface area contributed by atoms with Crippen LogP contribution in [-0.4, -0.2) is 4.98 Å². The number of unbranched alkanes of at least 4 members (excludes halogenated alkanes) is 6. The Hall–Kier alpha value is -1.24. The molecule has 2 aromatic rings. The summed E-state index contributed by atoms with van der Waals surface area (Å²) in [5, 5.41) is 1.58. The van der Waals surface area contributed by atoms with Crippen molar-refractivity contribution in [3.63, 3.8) is 0 Å². The van der Waals surface area contributed by atoms with Crippen molar-refractivity contribution >= 4 is 10.9 Å². The van der Waals surface area contributed by atoms with Crippen LogP contribution in [0.15, 0.2) is 12.1 Å². The van der Waals surface area contributed by atoms with Crippen LogP contribution in [-0.2, 0) is 19.3 Å². The third-order valence-electron chi connectivity index (χ3n) is 5.38. The van der Waals surface area contributed by atoms with E-state index in [4.69, 9.17) is 0 Å². The Morgan fingerprint density at radius 1 is 0.955 bits per heavy atom. The number of aromatic nitrogens is 1. The van der Waals surface area contributed by atoms with Gasteiger partial charge in [0.15, 0.2) is 0 Å². The van der Waals surface area contributed by atoms with Crippen LogP contribution in [0.25, 0.3) is 10.9 Å². The second kappa shape index (κ2) is 7.35. The normalized spacial score (nSPS) is 13.9. The first-order valence-corrected chi connectivity index (χ1v) is 9.43. The number of benzene rings is 1. The van der Waals surface area contributed by atoms with E-state index in [1.807, 2.05) is 0 Å². The molecule has 0 saturated heterocycles. The fourth-order valence-electron chi connectivity index (χ4n) is 4.10. The molecule has 0 fully saturated rings. The molecule has 120 valence electrons. The maximum absolute atomic E-state index is 3.67. The summed E-state index contributed by atoms with van der Waals surface area (Å²) in [6.07, 6.45) is 14.9. The van der Waals surface area contributed by atoms with Crippen molar-refractivity contribution in [2.45, 2.75) is 84.5 Å². The van der Waals surface area contributed by atoms with Gasteiger partial charge in [0.25, 0.3) is 0 Å². The van der Waals surface area contributed by atoms with Gasteiger partial charge in [-0.3, -0.25) is 0 Å². The van der Waals surface area contributed by atoms with Crippen molar-refractivity contribution in [2.75, 3.05) is 0 Å². The van der Waals surface area contributed by atoms with Crippen LogP contribution in [0.4, 0.5) is 0 Å². The van der Waals surface area contributed by atoms with E-state index in [1.165, 1.54) is 87.4 Å². The highest BCUT2D eigenvalue weighted by atomic mass is 14.7. The summed E-state index contributed by atoms with van der Waals surface area (Å²) in [5.41, 5.74) is 7.66. The molecule has 0 radical (unpaired) electrons. The largest absolute Gasteiger partial charge is 0.358 e. The molecule has 3 rings (SSSR count). The maximum atomic E-state index is 3.67. The van der Waals surface area contributed by atoms with Crippen LogP contribution in [0.1, 0.15) is 80.7 Å². The first-order valence-electron chi connectivity index (χ1n) is 9.43. The Labute approximate surface area is 135 Å². The van der Waals surface area contributed by atoms with Crippen LogP contribution in [0.2, 0.25) is 0 Å². The minimum atomic E-state index is 1.25. The first-order chi connectivity index (χ1) is 10.8. The molecule has 0 bridgehead atoms. The van der Waals surface area contributed by atoms with Crippen LogP contribution >= 0.6 is 0 Å². The minimum Gasteiger partial charge on any atom is -0.358 e. The molecule has 0 unspecified atom stereocenters. The summed E-state index contributed by atoms with van der Waals surface area (Å²) >= 11 is 0. The van der Waals surface area contributed by atoms with Crippen molar-refractivity contribution in [3.8, 4) is 0 Å². The van der Waals surface area contributed by atoms with Crippen LogP contribution in [0, 0.1) is 6.92 Å². The third-order valence-corrected chi connectivity index (χ3v) is 5.38. The molecule has 0 atom stereocenters. The lowest BCUT2D eigenvalue weighted by Crippen LogP contribution is -1.93. The smallest absolute Gasteiger partial charge is 0.0461 e. The first kappa shape index (κ1) is 15.6. The van der Waals surface area contributed by atoms with E-state index in [-0.39, 0.29) is 0 Å². The Kier molecular flexibility index (Phi) is 5.23. The van der Waals surface area contributed by atoms with Crippen molar-refractivity contribution in [3.05, 3.63) is 34.5 Å². The second-order valence-electron chi connectivity index (χ2n) is 7.09. The van der Waals surface area contributed by atoms with E-state index in [2.05, 4.69) is 31.0 Å². The molecule has 0 spiro atoms. The number of H-pyrrole nitrogens is 1. The van der Waals surface area contributed by atoms with Gasteiger partial charge < -0.3 is 4.98 Å². The number of fused-ring (bicyclic) bond motifs is 3. The van der Waals surface area contributed by atoms with Gasteiger partial charge in [-0.1, -0.05) is 51.5 Å². The summed E-state index contributed by atoms with van der Waals surface area (Å²) in [6.45, 7) is 4.59. The molecule has 0 aliphatic heterocycles. The van der Waals surface area contributed by atoms with Gasteiger partial charge in [0, 0.05) is 16.6 Å². The SMILES string of the molecule is CCCCCCCCCc1c(C)ccc2[nH]c3c(c12)CCC3. The Bertz CT molecular complexity index is 620. The zero-order valence-electron chi connectivity index (χ0n) is 14.4. The highest BCUT2D eigenvalue weighted by Crippen LogP contribution is 2.34. The van der Waals surface area contributed by atoms with Gasteiger partial charge in [0.1, 0.15) is 0 Å². The maximum Gasteiger partial charge on any atom is 0.0461 e. The minimum absolute atomic E-state index is 1.25. The predicted molar refractivity (Wildman–Crippen MR) is 96.8 cm³/mol. The van der Waals surface area contributed by atoms with Crippen LogP contribution in [0.5, 0.6) is 0 Å². The van der Waals surface area contributed by atoms with Gasteiger partial charge in [-0.15, -0.1) is 0 Å². The van der Waals surface area contributed by atoms with E-state index in [0.717, 1.165) is 0 Å². The van der Waals surface area contributed by atoms with Crippen molar-refractivity contribution < 1.29 is 0 Å². The van der Waals surface area contributed by atoms with E-state index in [0.29, 0.717) is 0 Å². The Morgan fingerprint density at radius 3 is 2.55 bits per heavy atom. The molecule has 1 aromatic carbocycles. The number of hydrogen-bond donors (Lipinski definition) is 1. The number of aryl methyl sites for hydroxylation is 4. The van der Waals surface area contributed by atoms with Gasteiger partial charge in [-0.05, 0) is 61.8 Å². The monoisotopic (exact) mass is 297 g/mol. The van der Waals surface area contributed by atoms with E-state index < -0.39 is 0 Å². The van der Waals surface area contributed by atoms with E-state index in [1.54, 1.807) is 16.5 Å². The molecular formula is C21H31N. The van der Waals surface area contributed by atoms with Gasteiger partial charge in [0.2, 0.25) is 0 Å². The third kappa shape index (κ3) is 3.24. The molecule has 1 heterocycles. The standard InChI is InChI=1S/C21H31N/c1-3-4-5-6-7-8-9-11-17-16(2)14-15-20-21(17)18-12-10-13-19(18)22-20/h14-15,22H,3-13H2,1-2H3. The molecule has 1 aliphatic rings. The average Bonchev–Trinajstić information content (AvgIpc) is 3.09. The summed E-state index contributed by atoms with van der Waals surface area (Å²) in [5.74, 6) is 0. The van der Waals surface area contributed by atoms with Gasteiger partial charge >= 0.3 is 0 Å². The topological polar surface area (TPSA) is 15.8 Å².